The molecule has 4 atom stereocenters. The molecule has 226 valence electrons. The number of ether oxygens (including phenoxy) is 4. The summed E-state index contributed by atoms with van der Waals surface area (Å²) in [5.74, 6) is -2.13. The van der Waals surface area contributed by atoms with E-state index in [1.165, 1.54) is 12.3 Å². The minimum atomic E-state index is -1.34. The number of anilines is 1. The molecule has 0 spiro atoms. The molecular formula is C33H31N3O8. The van der Waals surface area contributed by atoms with E-state index >= 15 is 0 Å². The van der Waals surface area contributed by atoms with E-state index in [-0.39, 0.29) is 23.6 Å². The molecular weight excluding hydrogens is 566 g/mol. The zero-order chi connectivity index (χ0) is 31.4. The summed E-state index contributed by atoms with van der Waals surface area (Å²) in [5, 5.41) is 0. The Balaban J connectivity index is 1.49. The van der Waals surface area contributed by atoms with Gasteiger partial charge in [-0.05, 0) is 63.2 Å². The van der Waals surface area contributed by atoms with Crippen molar-refractivity contribution in [1.29, 1.82) is 0 Å². The number of carbonyl (C=O) groups is 3. The number of hydrogen-bond donors (Lipinski definition) is 1. The highest BCUT2D eigenvalue weighted by atomic mass is 16.7. The number of esters is 3. The van der Waals surface area contributed by atoms with Gasteiger partial charge in [-0.15, -0.1) is 0 Å². The summed E-state index contributed by atoms with van der Waals surface area (Å²) in [4.78, 5) is 56.2. The first-order chi connectivity index (χ1) is 21.1. The first-order valence-electron chi connectivity index (χ1n) is 13.9. The van der Waals surface area contributed by atoms with Crippen molar-refractivity contribution in [2.45, 2.75) is 45.3 Å². The number of nitrogens with zero attached hydrogens (tertiary/aromatic N) is 2. The number of aryl methyl sites for hydroxylation is 3. The number of nitrogen functional groups attached to an aromatic ring is 1. The Morgan fingerprint density at radius 1 is 0.727 bits per heavy atom. The van der Waals surface area contributed by atoms with E-state index in [1.54, 1.807) is 72.8 Å². The summed E-state index contributed by atoms with van der Waals surface area (Å²) in [7, 11) is 0. The summed E-state index contributed by atoms with van der Waals surface area (Å²) < 4.78 is 24.6. The number of aromatic nitrogens is 2. The van der Waals surface area contributed by atoms with Crippen molar-refractivity contribution in [2.24, 2.45) is 0 Å². The Bertz CT molecular complexity index is 1720. The fourth-order valence-electron chi connectivity index (χ4n) is 4.65. The van der Waals surface area contributed by atoms with Gasteiger partial charge >= 0.3 is 23.6 Å². The highest BCUT2D eigenvalue weighted by Crippen LogP contribution is 2.35. The Hall–Kier alpha value is -5.29. The van der Waals surface area contributed by atoms with Crippen molar-refractivity contribution in [3.05, 3.63) is 129 Å². The van der Waals surface area contributed by atoms with E-state index in [1.807, 2.05) is 20.8 Å². The topological polar surface area (TPSA) is 149 Å². The van der Waals surface area contributed by atoms with Gasteiger partial charge < -0.3 is 24.7 Å². The number of rotatable bonds is 8. The molecule has 0 radical (unpaired) electrons. The van der Waals surface area contributed by atoms with Gasteiger partial charge in [0.25, 0.3) is 0 Å². The van der Waals surface area contributed by atoms with E-state index < -0.39 is 48.1 Å². The van der Waals surface area contributed by atoms with Crippen LogP contribution in [0.4, 0.5) is 5.82 Å². The number of nitrogens with two attached hydrogens (primary N) is 1. The molecule has 3 aromatic carbocycles. The lowest BCUT2D eigenvalue weighted by Gasteiger charge is -2.25. The van der Waals surface area contributed by atoms with Gasteiger partial charge in [0, 0.05) is 6.20 Å². The van der Waals surface area contributed by atoms with E-state index in [0.29, 0.717) is 5.56 Å². The van der Waals surface area contributed by atoms with Crippen molar-refractivity contribution in [3.63, 3.8) is 0 Å². The average Bonchev–Trinajstić information content (AvgIpc) is 3.32. The fourth-order valence-corrected chi connectivity index (χ4v) is 4.65. The van der Waals surface area contributed by atoms with Gasteiger partial charge in [-0.25, -0.2) is 19.2 Å². The second kappa shape index (κ2) is 12.9. The molecule has 4 aromatic rings. The fraction of sp³-hybridized carbons (Fsp3) is 0.242. The van der Waals surface area contributed by atoms with Crippen LogP contribution in [0.5, 0.6) is 0 Å². The minimum absolute atomic E-state index is 0.0247. The highest BCUT2D eigenvalue weighted by Gasteiger charge is 2.51. The van der Waals surface area contributed by atoms with Gasteiger partial charge in [-0.2, -0.15) is 4.98 Å². The van der Waals surface area contributed by atoms with Crippen molar-refractivity contribution in [3.8, 4) is 0 Å². The maximum absolute atomic E-state index is 13.3. The third kappa shape index (κ3) is 6.84. The van der Waals surface area contributed by atoms with Crippen molar-refractivity contribution >= 4 is 23.7 Å². The van der Waals surface area contributed by atoms with E-state index in [4.69, 9.17) is 24.7 Å². The van der Waals surface area contributed by atoms with Crippen LogP contribution in [-0.2, 0) is 18.9 Å². The van der Waals surface area contributed by atoms with Gasteiger partial charge in [0.2, 0.25) is 0 Å². The maximum atomic E-state index is 13.3. The molecule has 2 heterocycles. The minimum Gasteiger partial charge on any atom is -0.459 e. The lowest BCUT2D eigenvalue weighted by Crippen LogP contribution is -2.42. The average molecular weight is 598 g/mol. The van der Waals surface area contributed by atoms with Crippen LogP contribution in [0, 0.1) is 20.8 Å². The zero-order valence-corrected chi connectivity index (χ0v) is 24.3. The third-order valence-electron chi connectivity index (χ3n) is 7.14. The number of carbonyl (C=O) groups excluding carboxylic acids is 3. The van der Waals surface area contributed by atoms with Crippen LogP contribution in [0.15, 0.2) is 89.9 Å². The lowest BCUT2D eigenvalue weighted by molar-refractivity contribution is -0.0639. The summed E-state index contributed by atoms with van der Waals surface area (Å²) in [6.45, 7) is 5.26. The molecule has 2 N–H and O–H groups in total. The van der Waals surface area contributed by atoms with Crippen LogP contribution in [-0.4, -0.2) is 52.4 Å². The van der Waals surface area contributed by atoms with Crippen LogP contribution >= 0.6 is 0 Å². The molecule has 1 aromatic heterocycles. The second-order valence-corrected chi connectivity index (χ2v) is 10.5. The van der Waals surface area contributed by atoms with Gasteiger partial charge in [-0.3, -0.25) is 4.57 Å². The van der Waals surface area contributed by atoms with E-state index in [9.17, 15) is 19.2 Å². The van der Waals surface area contributed by atoms with Gasteiger partial charge in [0.1, 0.15) is 18.5 Å². The third-order valence-corrected chi connectivity index (χ3v) is 7.14. The second-order valence-electron chi connectivity index (χ2n) is 10.5. The Morgan fingerprint density at radius 2 is 1.18 bits per heavy atom. The monoisotopic (exact) mass is 597 g/mol. The summed E-state index contributed by atoms with van der Waals surface area (Å²) >= 11 is 0. The molecule has 0 aliphatic carbocycles. The lowest BCUT2D eigenvalue weighted by atomic mass is 10.1. The molecule has 11 nitrogen and oxygen atoms in total. The maximum Gasteiger partial charge on any atom is 0.351 e. The van der Waals surface area contributed by atoms with Crippen LogP contribution in [0.3, 0.4) is 0 Å². The van der Waals surface area contributed by atoms with Crippen LogP contribution in [0.1, 0.15) is 54.0 Å². The summed E-state index contributed by atoms with van der Waals surface area (Å²) in [6.07, 6.45) is -3.74. The van der Waals surface area contributed by atoms with Crippen LogP contribution in [0.2, 0.25) is 0 Å². The summed E-state index contributed by atoms with van der Waals surface area (Å²) in [5.41, 5.74) is 8.52. The molecule has 1 saturated heterocycles. The molecule has 1 fully saturated rings. The Morgan fingerprint density at radius 3 is 1.66 bits per heavy atom. The van der Waals surface area contributed by atoms with E-state index in [2.05, 4.69) is 4.98 Å². The standard InChI is InChI=1S/C33H31N3O8/c1-19-4-10-22(11-5-19)30(37)41-18-25-27(43-31(38)23-12-6-20(2)7-13-23)28(44-32(39)24-14-8-21(3)9-15-24)29(42-25)36-17-16-26(34)35-33(36)40/h4-17,25,27-29H,18H2,1-3H3,(H2,34,35,40)/t25-,27-,28-,29-/m1/s1. The first-order valence-corrected chi connectivity index (χ1v) is 13.9. The molecule has 0 amide bonds. The Kier molecular flexibility index (Phi) is 8.86. The largest absolute Gasteiger partial charge is 0.459 e. The van der Waals surface area contributed by atoms with Gasteiger partial charge in [-0.1, -0.05) is 53.1 Å². The number of benzene rings is 3. The van der Waals surface area contributed by atoms with Gasteiger partial charge in [0.05, 0.1) is 16.7 Å². The molecule has 0 unspecified atom stereocenters. The highest BCUT2D eigenvalue weighted by molar-refractivity contribution is 5.91. The van der Waals surface area contributed by atoms with Crippen molar-refractivity contribution < 1.29 is 33.3 Å². The smallest absolute Gasteiger partial charge is 0.351 e. The predicted octanol–water partition coefficient (Wildman–Crippen LogP) is 3.96. The first kappa shape index (κ1) is 30.2. The molecule has 0 saturated carbocycles. The molecule has 0 bridgehead atoms. The predicted molar refractivity (Wildman–Crippen MR) is 159 cm³/mol. The molecule has 5 rings (SSSR count). The molecule has 11 heteroatoms. The van der Waals surface area contributed by atoms with Gasteiger partial charge in [0.15, 0.2) is 18.4 Å². The Labute approximate surface area is 253 Å². The number of hydrogen-bond acceptors (Lipinski definition) is 10. The zero-order valence-electron chi connectivity index (χ0n) is 24.3. The molecule has 1 aliphatic rings. The molecule has 1 aliphatic heterocycles. The molecule has 44 heavy (non-hydrogen) atoms. The van der Waals surface area contributed by atoms with Crippen molar-refractivity contribution in [1.82, 2.24) is 9.55 Å². The van der Waals surface area contributed by atoms with Crippen LogP contribution < -0.4 is 11.4 Å². The van der Waals surface area contributed by atoms with E-state index in [0.717, 1.165) is 21.3 Å². The van der Waals surface area contributed by atoms with Crippen LogP contribution in [0.25, 0.3) is 0 Å². The normalized spacial score (nSPS) is 19.2. The van der Waals surface area contributed by atoms with Crippen molar-refractivity contribution in [2.75, 3.05) is 12.3 Å². The quantitative estimate of drug-likeness (QED) is 0.234. The SMILES string of the molecule is Cc1ccc(C(=O)OC[C@H]2O[C@@H](n3ccc(N)nc3=O)[C@H](OC(=O)c3ccc(C)cc3)[C@@H]2OC(=O)c2ccc(C)cc2)cc1. The summed E-state index contributed by atoms with van der Waals surface area (Å²) in [6, 6.07) is 21.5.